The lowest BCUT2D eigenvalue weighted by atomic mass is 9.83. The Morgan fingerprint density at radius 1 is 0.522 bits per heavy atom. The lowest BCUT2D eigenvalue weighted by molar-refractivity contribution is 0.722. The van der Waals surface area contributed by atoms with E-state index >= 15 is 0 Å². The summed E-state index contributed by atoms with van der Waals surface area (Å²) in [5.74, 6) is 0.565. The van der Waals surface area contributed by atoms with E-state index in [-0.39, 0.29) is 0 Å². The van der Waals surface area contributed by atoms with Gasteiger partial charge in [-0.25, -0.2) is 0 Å². The molecule has 0 aliphatic heterocycles. The molecule has 0 N–H and O–H groups in total. The molecule has 0 spiro atoms. The maximum absolute atomic E-state index is 2.43. The van der Waals surface area contributed by atoms with Gasteiger partial charge < -0.3 is 4.57 Å². The standard InChI is InChI=1S/C45H35N/c1-28-16-21-37-38-22-18-31(25-42(38)36-13-7-6-12-35(36)41(37)24-28)32-19-23-45-43(26-32)39-14-8-9-15-44(39)46(45)33-20-17-30(3)40(27-33)34-11-5-4-10-29(34)2/h4-23,25-28H,24H2,1-3H3. The van der Waals surface area contributed by atoms with Crippen molar-refractivity contribution in [3.8, 4) is 27.9 Å². The average molecular weight is 590 g/mol. The molecule has 46 heavy (non-hydrogen) atoms. The molecule has 0 radical (unpaired) electrons. The van der Waals surface area contributed by atoms with E-state index < -0.39 is 0 Å². The van der Waals surface area contributed by atoms with Crippen LogP contribution in [0.25, 0.3) is 77.4 Å². The highest BCUT2D eigenvalue weighted by atomic mass is 15.0. The van der Waals surface area contributed by atoms with Gasteiger partial charge in [0.2, 0.25) is 0 Å². The molecule has 1 aliphatic carbocycles. The number of aromatic nitrogens is 1. The molecule has 8 aromatic rings. The van der Waals surface area contributed by atoms with Crippen molar-refractivity contribution in [2.24, 2.45) is 5.92 Å². The van der Waals surface area contributed by atoms with Crippen molar-refractivity contribution in [2.75, 3.05) is 0 Å². The Morgan fingerprint density at radius 2 is 1.20 bits per heavy atom. The Balaban J connectivity index is 1.24. The minimum Gasteiger partial charge on any atom is -0.309 e. The van der Waals surface area contributed by atoms with Crippen LogP contribution in [0.1, 0.15) is 29.2 Å². The van der Waals surface area contributed by atoms with E-state index in [0.717, 1.165) is 6.42 Å². The first-order valence-electron chi connectivity index (χ1n) is 16.4. The lowest BCUT2D eigenvalue weighted by Gasteiger charge is -2.21. The number of hydrogen-bond donors (Lipinski definition) is 0. The Morgan fingerprint density at radius 3 is 2.04 bits per heavy atom. The van der Waals surface area contributed by atoms with Crippen molar-refractivity contribution < 1.29 is 0 Å². The van der Waals surface area contributed by atoms with E-state index in [4.69, 9.17) is 0 Å². The summed E-state index contributed by atoms with van der Waals surface area (Å²) in [5, 5.41) is 7.97. The van der Waals surface area contributed by atoms with Crippen LogP contribution in [-0.4, -0.2) is 4.57 Å². The van der Waals surface area contributed by atoms with E-state index in [1.807, 2.05) is 0 Å². The maximum atomic E-state index is 2.43. The summed E-state index contributed by atoms with van der Waals surface area (Å²) in [5.41, 5.74) is 14.2. The van der Waals surface area contributed by atoms with Crippen molar-refractivity contribution in [3.63, 3.8) is 0 Å². The summed E-state index contributed by atoms with van der Waals surface area (Å²) in [4.78, 5) is 0. The van der Waals surface area contributed by atoms with Crippen molar-refractivity contribution >= 4 is 49.4 Å². The largest absolute Gasteiger partial charge is 0.309 e. The zero-order valence-corrected chi connectivity index (χ0v) is 26.5. The maximum Gasteiger partial charge on any atom is 0.0541 e. The van der Waals surface area contributed by atoms with Gasteiger partial charge in [-0.1, -0.05) is 110 Å². The summed E-state index contributed by atoms with van der Waals surface area (Å²) >= 11 is 0. The first-order valence-corrected chi connectivity index (χ1v) is 16.4. The van der Waals surface area contributed by atoms with Crippen molar-refractivity contribution in [2.45, 2.75) is 27.2 Å². The van der Waals surface area contributed by atoms with Crippen molar-refractivity contribution in [1.29, 1.82) is 0 Å². The fourth-order valence-electron chi connectivity index (χ4n) is 7.88. The van der Waals surface area contributed by atoms with E-state index in [1.54, 1.807) is 0 Å². The van der Waals surface area contributed by atoms with Gasteiger partial charge in [-0.3, -0.25) is 0 Å². The van der Waals surface area contributed by atoms with Crippen molar-refractivity contribution in [1.82, 2.24) is 4.57 Å². The Kier molecular flexibility index (Phi) is 6.05. The van der Waals surface area contributed by atoms with Gasteiger partial charge in [0.1, 0.15) is 0 Å². The minimum absolute atomic E-state index is 0.565. The summed E-state index contributed by atoms with van der Waals surface area (Å²) in [6.45, 7) is 6.73. The van der Waals surface area contributed by atoms with Gasteiger partial charge in [0.05, 0.1) is 11.0 Å². The number of rotatable bonds is 3. The van der Waals surface area contributed by atoms with Crippen molar-refractivity contribution in [3.05, 3.63) is 156 Å². The SMILES string of the molecule is Cc1ccccc1-c1cc(-n2c3ccccc3c3cc(-c4ccc5c6c(c7ccccc7c5c4)CC(C)C=C6)ccc32)ccc1C. The van der Waals surface area contributed by atoms with Crippen LogP contribution in [0.4, 0.5) is 0 Å². The Bertz CT molecular complexity index is 2540. The molecular weight excluding hydrogens is 555 g/mol. The predicted molar refractivity (Wildman–Crippen MR) is 198 cm³/mol. The average Bonchev–Trinajstić information content (AvgIpc) is 3.42. The van der Waals surface area contributed by atoms with Crippen LogP contribution in [0.2, 0.25) is 0 Å². The van der Waals surface area contributed by atoms with Crippen LogP contribution >= 0.6 is 0 Å². The molecule has 0 bridgehead atoms. The number of allylic oxidation sites excluding steroid dienone is 1. The summed E-state index contributed by atoms with van der Waals surface area (Å²) in [6.07, 6.45) is 5.82. The highest BCUT2D eigenvalue weighted by Crippen LogP contribution is 2.41. The summed E-state index contributed by atoms with van der Waals surface area (Å²) in [7, 11) is 0. The molecule has 1 aromatic heterocycles. The second-order valence-corrected chi connectivity index (χ2v) is 13.1. The fourth-order valence-corrected chi connectivity index (χ4v) is 7.88. The second-order valence-electron chi connectivity index (χ2n) is 13.1. The molecule has 9 rings (SSSR count). The monoisotopic (exact) mass is 589 g/mol. The van der Waals surface area contributed by atoms with E-state index in [9.17, 15) is 0 Å². The first-order chi connectivity index (χ1) is 22.5. The summed E-state index contributed by atoms with van der Waals surface area (Å²) in [6, 6.07) is 47.5. The number of nitrogens with zero attached hydrogens (tertiary/aromatic N) is 1. The number of para-hydroxylation sites is 1. The third-order valence-corrected chi connectivity index (χ3v) is 10.2. The molecule has 7 aromatic carbocycles. The normalized spacial score (nSPS) is 14.5. The van der Waals surface area contributed by atoms with Crippen LogP contribution in [-0.2, 0) is 6.42 Å². The predicted octanol–water partition coefficient (Wildman–Crippen LogP) is 12.2. The van der Waals surface area contributed by atoms with Gasteiger partial charge in [-0.05, 0) is 129 Å². The lowest BCUT2D eigenvalue weighted by Crippen LogP contribution is -2.05. The highest BCUT2D eigenvalue weighted by Gasteiger charge is 2.19. The molecule has 0 saturated carbocycles. The topological polar surface area (TPSA) is 4.93 Å². The number of hydrogen-bond acceptors (Lipinski definition) is 0. The molecule has 1 heterocycles. The van der Waals surface area contributed by atoms with Gasteiger partial charge in [0.25, 0.3) is 0 Å². The van der Waals surface area contributed by atoms with Crippen LogP contribution < -0.4 is 0 Å². The third kappa shape index (κ3) is 4.08. The zero-order chi connectivity index (χ0) is 30.9. The van der Waals surface area contributed by atoms with Gasteiger partial charge in [0.15, 0.2) is 0 Å². The van der Waals surface area contributed by atoms with E-state index in [0.29, 0.717) is 5.92 Å². The van der Waals surface area contributed by atoms with E-state index in [2.05, 4.69) is 165 Å². The summed E-state index contributed by atoms with van der Waals surface area (Å²) < 4.78 is 2.43. The number of benzene rings is 7. The smallest absolute Gasteiger partial charge is 0.0541 e. The molecule has 0 fully saturated rings. The molecule has 0 amide bonds. The molecular formula is C45H35N. The number of aryl methyl sites for hydroxylation is 2. The molecule has 1 unspecified atom stereocenters. The molecule has 1 nitrogen and oxygen atoms in total. The third-order valence-electron chi connectivity index (χ3n) is 10.2. The minimum atomic E-state index is 0.565. The Hall–Kier alpha value is -5.40. The first kappa shape index (κ1) is 27.0. The quantitative estimate of drug-likeness (QED) is 0.181. The highest BCUT2D eigenvalue weighted by molar-refractivity contribution is 6.15. The van der Waals surface area contributed by atoms with Crippen LogP contribution in [0, 0.1) is 19.8 Å². The second kappa shape index (κ2) is 10.3. The molecule has 0 saturated heterocycles. The van der Waals surface area contributed by atoms with Crippen LogP contribution in [0.3, 0.4) is 0 Å². The van der Waals surface area contributed by atoms with E-state index in [1.165, 1.54) is 93.5 Å². The van der Waals surface area contributed by atoms with Gasteiger partial charge in [0, 0.05) is 16.5 Å². The van der Waals surface area contributed by atoms with Crippen LogP contribution in [0.15, 0.2) is 133 Å². The molecule has 1 aliphatic rings. The Labute approximate surface area is 270 Å². The molecule has 1 atom stereocenters. The van der Waals surface area contributed by atoms with Gasteiger partial charge in [-0.2, -0.15) is 0 Å². The van der Waals surface area contributed by atoms with Crippen LogP contribution in [0.5, 0.6) is 0 Å². The molecule has 220 valence electrons. The number of fused-ring (bicyclic) bond motifs is 9. The van der Waals surface area contributed by atoms with Gasteiger partial charge >= 0.3 is 0 Å². The fraction of sp³-hybridized carbons (Fsp3) is 0.111. The molecule has 1 heteroatoms. The van der Waals surface area contributed by atoms with Gasteiger partial charge in [-0.15, -0.1) is 0 Å². The zero-order valence-electron chi connectivity index (χ0n) is 26.5.